The van der Waals surface area contributed by atoms with E-state index in [-0.39, 0.29) is 23.5 Å². The first kappa shape index (κ1) is 11.4. The van der Waals surface area contributed by atoms with Crippen LogP contribution in [0.3, 0.4) is 0 Å². The minimum atomic E-state index is -0.841. The summed E-state index contributed by atoms with van der Waals surface area (Å²) >= 11 is 0. The Morgan fingerprint density at radius 1 is 1.78 bits per heavy atom. The molecule has 2 N–H and O–H groups in total. The van der Waals surface area contributed by atoms with E-state index in [4.69, 9.17) is 5.11 Å². The molecule has 0 atom stereocenters. The van der Waals surface area contributed by atoms with Crippen LogP contribution >= 0.6 is 17.0 Å². The van der Waals surface area contributed by atoms with Gasteiger partial charge in [-0.2, -0.15) is 0 Å². The first-order chi connectivity index (χ1) is 3.77. The molecular weight excluding hydrogens is 186 g/mol. The summed E-state index contributed by atoms with van der Waals surface area (Å²) in [6.45, 7) is 3.96. The molecule has 0 saturated carbocycles. The van der Waals surface area contributed by atoms with E-state index < -0.39 is 5.97 Å². The SMILES string of the molecule is Br.C=CCNCC(=O)O. The molecule has 0 spiro atoms. The number of hydrogen-bond donors (Lipinski definition) is 2. The highest BCUT2D eigenvalue weighted by Crippen LogP contribution is 1.60. The van der Waals surface area contributed by atoms with Crippen molar-refractivity contribution in [3.63, 3.8) is 0 Å². The molecule has 4 heteroatoms. The van der Waals surface area contributed by atoms with Crippen LogP contribution in [0.5, 0.6) is 0 Å². The Bertz CT molecular complexity index is 95.0. The van der Waals surface area contributed by atoms with Crippen molar-refractivity contribution in [3.8, 4) is 0 Å². The van der Waals surface area contributed by atoms with Gasteiger partial charge in [0.15, 0.2) is 0 Å². The van der Waals surface area contributed by atoms with Gasteiger partial charge in [-0.3, -0.25) is 4.79 Å². The lowest BCUT2D eigenvalue weighted by Gasteiger charge is -1.91. The molecule has 0 heterocycles. The summed E-state index contributed by atoms with van der Waals surface area (Å²) in [4.78, 5) is 9.78. The Balaban J connectivity index is 0. The fourth-order valence-electron chi connectivity index (χ4n) is 0.281. The standard InChI is InChI=1S/C5H9NO2.BrH/c1-2-3-6-4-5(7)8;/h2,6H,1,3-4H2,(H,7,8);1H. The number of carboxylic acid groups (broad SMARTS) is 1. The lowest BCUT2D eigenvalue weighted by molar-refractivity contribution is -0.135. The Morgan fingerprint density at radius 2 is 2.33 bits per heavy atom. The average molecular weight is 196 g/mol. The van der Waals surface area contributed by atoms with Crippen molar-refractivity contribution in [2.45, 2.75) is 0 Å². The molecule has 0 amide bonds. The highest BCUT2D eigenvalue weighted by atomic mass is 79.9. The third kappa shape index (κ3) is 11.3. The van der Waals surface area contributed by atoms with Crippen molar-refractivity contribution in [1.82, 2.24) is 5.32 Å². The maximum atomic E-state index is 9.78. The van der Waals surface area contributed by atoms with E-state index in [1.807, 2.05) is 0 Å². The zero-order valence-corrected chi connectivity index (χ0v) is 6.68. The van der Waals surface area contributed by atoms with Gasteiger partial charge in [0, 0.05) is 6.54 Å². The Morgan fingerprint density at radius 3 is 2.67 bits per heavy atom. The maximum Gasteiger partial charge on any atom is 0.317 e. The Hall–Kier alpha value is -0.350. The van der Waals surface area contributed by atoms with Crippen LogP contribution in [-0.2, 0) is 4.79 Å². The molecule has 0 fully saturated rings. The Kier molecular flexibility index (Phi) is 9.73. The van der Waals surface area contributed by atoms with Gasteiger partial charge in [0.25, 0.3) is 0 Å². The van der Waals surface area contributed by atoms with Crippen LogP contribution in [0.1, 0.15) is 0 Å². The largest absolute Gasteiger partial charge is 0.480 e. The van der Waals surface area contributed by atoms with E-state index in [0.29, 0.717) is 6.54 Å². The van der Waals surface area contributed by atoms with Crippen LogP contribution in [0.15, 0.2) is 12.7 Å². The molecule has 0 aromatic carbocycles. The third-order valence-corrected chi connectivity index (χ3v) is 0.565. The predicted molar refractivity (Wildman–Crippen MR) is 41.0 cm³/mol. The van der Waals surface area contributed by atoms with Gasteiger partial charge >= 0.3 is 5.97 Å². The van der Waals surface area contributed by atoms with Crippen molar-refractivity contribution < 1.29 is 9.90 Å². The Labute approximate surface area is 64.5 Å². The van der Waals surface area contributed by atoms with Crippen molar-refractivity contribution in [2.75, 3.05) is 13.1 Å². The van der Waals surface area contributed by atoms with Gasteiger partial charge in [-0.25, -0.2) is 0 Å². The van der Waals surface area contributed by atoms with Gasteiger partial charge in [0.1, 0.15) is 0 Å². The van der Waals surface area contributed by atoms with E-state index in [1.54, 1.807) is 6.08 Å². The summed E-state index contributed by atoms with van der Waals surface area (Å²) in [5.74, 6) is -0.841. The summed E-state index contributed by atoms with van der Waals surface area (Å²) in [6.07, 6.45) is 1.61. The first-order valence-corrected chi connectivity index (χ1v) is 2.30. The molecule has 0 bridgehead atoms. The molecular formula is C5H10BrNO2. The molecule has 0 aromatic heterocycles. The molecule has 0 aliphatic carbocycles. The number of carboxylic acids is 1. The molecule has 3 nitrogen and oxygen atoms in total. The van der Waals surface area contributed by atoms with Crippen LogP contribution in [0.2, 0.25) is 0 Å². The molecule has 0 rings (SSSR count). The topological polar surface area (TPSA) is 49.3 Å². The van der Waals surface area contributed by atoms with E-state index in [0.717, 1.165) is 0 Å². The molecule has 0 unspecified atom stereocenters. The van der Waals surface area contributed by atoms with E-state index in [2.05, 4.69) is 11.9 Å². The quantitative estimate of drug-likeness (QED) is 0.506. The summed E-state index contributed by atoms with van der Waals surface area (Å²) < 4.78 is 0. The van der Waals surface area contributed by atoms with Crippen LogP contribution in [-0.4, -0.2) is 24.2 Å². The normalized spacial score (nSPS) is 7.56. The van der Waals surface area contributed by atoms with Gasteiger partial charge in [-0.1, -0.05) is 6.08 Å². The van der Waals surface area contributed by atoms with Crippen molar-refractivity contribution >= 4 is 23.0 Å². The van der Waals surface area contributed by atoms with Crippen molar-refractivity contribution in [1.29, 1.82) is 0 Å². The smallest absolute Gasteiger partial charge is 0.317 e. The maximum absolute atomic E-state index is 9.78. The lowest BCUT2D eigenvalue weighted by Crippen LogP contribution is -2.21. The van der Waals surface area contributed by atoms with E-state index >= 15 is 0 Å². The number of aliphatic carboxylic acids is 1. The highest BCUT2D eigenvalue weighted by molar-refractivity contribution is 8.93. The first-order valence-electron chi connectivity index (χ1n) is 2.30. The van der Waals surface area contributed by atoms with Gasteiger partial charge in [-0.05, 0) is 0 Å². The van der Waals surface area contributed by atoms with Gasteiger partial charge in [0.05, 0.1) is 6.54 Å². The molecule has 54 valence electrons. The minimum absolute atomic E-state index is 0. The lowest BCUT2D eigenvalue weighted by atomic mass is 10.6. The van der Waals surface area contributed by atoms with Gasteiger partial charge in [0.2, 0.25) is 0 Å². The zero-order chi connectivity index (χ0) is 6.41. The third-order valence-electron chi connectivity index (χ3n) is 0.565. The monoisotopic (exact) mass is 195 g/mol. The second-order valence-corrected chi connectivity index (χ2v) is 1.31. The number of rotatable bonds is 4. The highest BCUT2D eigenvalue weighted by Gasteiger charge is 1.89. The fourth-order valence-corrected chi connectivity index (χ4v) is 0.281. The molecule has 0 saturated heterocycles. The number of carbonyl (C=O) groups is 1. The zero-order valence-electron chi connectivity index (χ0n) is 4.96. The number of nitrogens with one attached hydrogen (secondary N) is 1. The van der Waals surface area contributed by atoms with Crippen molar-refractivity contribution in [3.05, 3.63) is 12.7 Å². The minimum Gasteiger partial charge on any atom is -0.480 e. The molecule has 9 heavy (non-hydrogen) atoms. The molecule has 0 aliphatic rings. The molecule has 0 aliphatic heterocycles. The van der Waals surface area contributed by atoms with E-state index in [9.17, 15) is 4.79 Å². The van der Waals surface area contributed by atoms with Gasteiger partial charge in [-0.15, -0.1) is 23.6 Å². The summed E-state index contributed by atoms with van der Waals surface area (Å²) in [5.41, 5.74) is 0. The second kappa shape index (κ2) is 7.65. The number of halogens is 1. The van der Waals surface area contributed by atoms with Crippen LogP contribution < -0.4 is 5.32 Å². The summed E-state index contributed by atoms with van der Waals surface area (Å²) in [5, 5.41) is 10.7. The average Bonchev–Trinajstić information content (AvgIpc) is 1.66. The van der Waals surface area contributed by atoms with Crippen molar-refractivity contribution in [2.24, 2.45) is 0 Å². The van der Waals surface area contributed by atoms with Crippen LogP contribution in [0.25, 0.3) is 0 Å². The van der Waals surface area contributed by atoms with E-state index in [1.165, 1.54) is 0 Å². The second-order valence-electron chi connectivity index (χ2n) is 1.31. The summed E-state index contributed by atoms with van der Waals surface area (Å²) in [7, 11) is 0. The van der Waals surface area contributed by atoms with Gasteiger partial charge < -0.3 is 10.4 Å². The van der Waals surface area contributed by atoms with Crippen LogP contribution in [0.4, 0.5) is 0 Å². The molecule has 0 radical (unpaired) electrons. The fraction of sp³-hybridized carbons (Fsp3) is 0.400. The number of hydrogen-bond acceptors (Lipinski definition) is 2. The summed E-state index contributed by atoms with van der Waals surface area (Å²) in [6, 6.07) is 0. The molecule has 0 aromatic rings. The van der Waals surface area contributed by atoms with Crippen LogP contribution in [0, 0.1) is 0 Å². The predicted octanol–water partition coefficient (Wildman–Crippen LogP) is 0.424.